The molecule has 2 amide bonds. The minimum Gasteiger partial charge on any atom is -0.383 e. The molecule has 8 nitrogen and oxygen atoms in total. The van der Waals surface area contributed by atoms with Crippen LogP contribution in [-0.2, 0) is 10.3 Å². The lowest BCUT2D eigenvalue weighted by molar-refractivity contribution is -0.126. The van der Waals surface area contributed by atoms with Crippen molar-refractivity contribution in [2.75, 3.05) is 12.3 Å². The van der Waals surface area contributed by atoms with E-state index in [0.29, 0.717) is 35.3 Å². The van der Waals surface area contributed by atoms with Gasteiger partial charge in [-0.25, -0.2) is 9.97 Å². The molecule has 2 atom stereocenters. The first-order valence-electron chi connectivity index (χ1n) is 11.6. The molecule has 3 aromatic rings. The summed E-state index contributed by atoms with van der Waals surface area (Å²) < 4.78 is 1.95. The van der Waals surface area contributed by atoms with E-state index in [0.717, 1.165) is 5.56 Å². The van der Waals surface area contributed by atoms with E-state index in [-0.39, 0.29) is 29.7 Å². The van der Waals surface area contributed by atoms with Crippen molar-refractivity contribution >= 4 is 28.7 Å². The molecule has 180 valence electrons. The molecule has 0 aliphatic carbocycles. The summed E-state index contributed by atoms with van der Waals surface area (Å²) >= 11 is 0. The molecule has 0 saturated carbocycles. The highest BCUT2D eigenvalue weighted by Crippen LogP contribution is 2.36. The number of carbonyl (C=O) groups is 2. The maximum absolute atomic E-state index is 13.8. The Morgan fingerprint density at radius 1 is 1.26 bits per heavy atom. The maximum atomic E-state index is 13.8. The van der Waals surface area contributed by atoms with Crippen molar-refractivity contribution in [3.05, 3.63) is 66.1 Å². The highest BCUT2D eigenvalue weighted by molar-refractivity contribution is 6.12. The van der Waals surface area contributed by atoms with Gasteiger partial charge in [0.1, 0.15) is 23.5 Å². The second-order valence-electron chi connectivity index (χ2n) is 9.30. The third-order valence-corrected chi connectivity index (χ3v) is 6.58. The molecular formula is C27H30N6O2. The molecule has 1 saturated heterocycles. The van der Waals surface area contributed by atoms with E-state index in [9.17, 15) is 9.59 Å². The summed E-state index contributed by atoms with van der Waals surface area (Å²) in [7, 11) is 0. The largest absolute Gasteiger partial charge is 0.383 e. The van der Waals surface area contributed by atoms with Crippen LogP contribution in [-0.4, -0.2) is 43.8 Å². The zero-order chi connectivity index (χ0) is 25.3. The average molecular weight is 471 g/mol. The van der Waals surface area contributed by atoms with Crippen LogP contribution in [0.5, 0.6) is 0 Å². The highest BCUT2D eigenvalue weighted by Gasteiger charge is 2.37. The van der Waals surface area contributed by atoms with Crippen molar-refractivity contribution in [3.63, 3.8) is 0 Å². The van der Waals surface area contributed by atoms with Gasteiger partial charge in [0.05, 0.1) is 22.5 Å². The first kappa shape index (κ1) is 24.0. The summed E-state index contributed by atoms with van der Waals surface area (Å²) in [6.45, 7) is 11.7. The normalized spacial score (nSPS) is 17.7. The van der Waals surface area contributed by atoms with Gasteiger partial charge in [-0.3, -0.25) is 9.59 Å². The quantitative estimate of drug-likeness (QED) is 0.439. The molecule has 3 N–H and O–H groups in total. The number of nitrogens with one attached hydrogen (secondary N) is 1. The average Bonchev–Trinajstić information content (AvgIpc) is 3.37. The van der Waals surface area contributed by atoms with Gasteiger partial charge in [-0.15, -0.1) is 0 Å². The molecular weight excluding hydrogens is 440 g/mol. The summed E-state index contributed by atoms with van der Waals surface area (Å²) in [5.41, 5.74) is 8.01. The smallest absolute Gasteiger partial charge is 0.255 e. The summed E-state index contributed by atoms with van der Waals surface area (Å²) in [6, 6.07) is 9.62. The van der Waals surface area contributed by atoms with Gasteiger partial charge >= 0.3 is 0 Å². The minimum absolute atomic E-state index is 0.00106. The zero-order valence-electron chi connectivity index (χ0n) is 20.5. The van der Waals surface area contributed by atoms with E-state index in [1.165, 1.54) is 12.4 Å². The number of nitrogens with two attached hydrogens (primary N) is 1. The van der Waals surface area contributed by atoms with E-state index in [2.05, 4.69) is 33.7 Å². The number of fused-ring (bicyclic) bond motifs is 1. The van der Waals surface area contributed by atoms with E-state index in [1.807, 2.05) is 55.7 Å². The fourth-order valence-corrected chi connectivity index (χ4v) is 4.86. The summed E-state index contributed by atoms with van der Waals surface area (Å²) in [6.07, 6.45) is 3.39. The van der Waals surface area contributed by atoms with Crippen LogP contribution in [0, 0.1) is 11.8 Å². The fraction of sp³-hybridized carbons (Fsp3) is 0.333. The predicted octanol–water partition coefficient (Wildman–Crippen LogP) is 3.40. The topological polar surface area (TPSA) is 106 Å². The molecule has 8 heteroatoms. The van der Waals surface area contributed by atoms with Crippen molar-refractivity contribution in [2.45, 2.75) is 51.7 Å². The van der Waals surface area contributed by atoms with Gasteiger partial charge in [0, 0.05) is 12.6 Å². The number of aromatic nitrogens is 3. The molecule has 2 unspecified atom stereocenters. The van der Waals surface area contributed by atoms with Gasteiger partial charge in [-0.1, -0.05) is 42.8 Å². The maximum Gasteiger partial charge on any atom is 0.255 e. The number of hydrogen-bond donors (Lipinski definition) is 2. The summed E-state index contributed by atoms with van der Waals surface area (Å²) in [5.74, 6) is 5.83. The van der Waals surface area contributed by atoms with Crippen LogP contribution in [0.4, 0.5) is 5.82 Å². The van der Waals surface area contributed by atoms with Gasteiger partial charge in [-0.05, 0) is 51.7 Å². The molecule has 3 heterocycles. The number of carbonyl (C=O) groups excluding carboxylic acids is 2. The van der Waals surface area contributed by atoms with E-state index in [4.69, 9.17) is 5.73 Å². The first-order valence-corrected chi connectivity index (χ1v) is 11.6. The van der Waals surface area contributed by atoms with E-state index >= 15 is 0 Å². The SMILES string of the molecule is C=CC(=O)N1CC(n2c(C#CC)c(C(=O)NC(C)(C)c3ccccc3)c3c(N)ncnc32)CC1C. The second kappa shape index (κ2) is 9.26. The molecule has 1 aromatic carbocycles. The van der Waals surface area contributed by atoms with E-state index < -0.39 is 5.54 Å². The van der Waals surface area contributed by atoms with Crippen LogP contribution in [0.1, 0.15) is 61.8 Å². The third-order valence-electron chi connectivity index (χ3n) is 6.58. The Balaban J connectivity index is 1.86. The second-order valence-corrected chi connectivity index (χ2v) is 9.30. The number of likely N-dealkylation sites (tertiary alicyclic amines) is 1. The first-order chi connectivity index (χ1) is 16.7. The third kappa shape index (κ3) is 4.26. The number of benzene rings is 1. The van der Waals surface area contributed by atoms with Crippen LogP contribution >= 0.6 is 0 Å². The predicted molar refractivity (Wildman–Crippen MR) is 136 cm³/mol. The molecule has 1 aliphatic heterocycles. The van der Waals surface area contributed by atoms with Crippen molar-refractivity contribution < 1.29 is 9.59 Å². The molecule has 0 radical (unpaired) electrons. The fourth-order valence-electron chi connectivity index (χ4n) is 4.86. The number of amides is 2. The van der Waals surface area contributed by atoms with Gasteiger partial charge in [0.2, 0.25) is 5.91 Å². The van der Waals surface area contributed by atoms with Crippen LogP contribution in [0.25, 0.3) is 11.0 Å². The summed E-state index contributed by atoms with van der Waals surface area (Å²) in [5, 5.41) is 3.61. The molecule has 35 heavy (non-hydrogen) atoms. The molecule has 1 aliphatic rings. The molecule has 1 fully saturated rings. The standard InChI is InChI=1S/C27H30N6O2/c1-6-11-20-22(26(35)31-27(4,5)18-12-9-8-10-13-18)23-24(28)29-16-30-25(23)33(20)19-14-17(3)32(15-19)21(34)7-2/h7-10,12-13,16-17,19H,2,14-15H2,1,3-5H3,(H,31,35)(H2,28,29,30). The Hall–Kier alpha value is -4.12. The lowest BCUT2D eigenvalue weighted by atomic mass is 9.93. The Bertz CT molecular complexity index is 1360. The van der Waals surface area contributed by atoms with Crippen molar-refractivity contribution in [1.82, 2.24) is 24.8 Å². The highest BCUT2D eigenvalue weighted by atomic mass is 16.2. The Morgan fingerprint density at radius 2 is 1.97 bits per heavy atom. The number of nitrogens with zero attached hydrogens (tertiary/aromatic N) is 4. The molecule has 0 spiro atoms. The van der Waals surface area contributed by atoms with Crippen LogP contribution in [0.2, 0.25) is 0 Å². The van der Waals surface area contributed by atoms with Gasteiger partial charge in [0.15, 0.2) is 0 Å². The Labute approximate surface area is 205 Å². The monoisotopic (exact) mass is 470 g/mol. The number of nitrogen functional groups attached to an aromatic ring is 1. The van der Waals surface area contributed by atoms with Crippen LogP contribution in [0.15, 0.2) is 49.3 Å². The minimum atomic E-state index is -0.650. The van der Waals surface area contributed by atoms with Gasteiger partial charge in [-0.2, -0.15) is 0 Å². The van der Waals surface area contributed by atoms with E-state index in [1.54, 1.807) is 11.8 Å². The van der Waals surface area contributed by atoms with Crippen molar-refractivity contribution in [2.24, 2.45) is 0 Å². The molecule has 2 aromatic heterocycles. The Morgan fingerprint density at radius 3 is 2.63 bits per heavy atom. The zero-order valence-corrected chi connectivity index (χ0v) is 20.5. The molecule has 4 rings (SSSR count). The molecule has 0 bridgehead atoms. The Kier molecular flexibility index (Phi) is 6.35. The van der Waals surface area contributed by atoms with Crippen molar-refractivity contribution in [3.8, 4) is 11.8 Å². The number of anilines is 1. The summed E-state index contributed by atoms with van der Waals surface area (Å²) in [4.78, 5) is 36.7. The van der Waals surface area contributed by atoms with Crippen LogP contribution < -0.4 is 11.1 Å². The lowest BCUT2D eigenvalue weighted by Gasteiger charge is -2.27. The van der Waals surface area contributed by atoms with Gasteiger partial charge in [0.25, 0.3) is 5.91 Å². The van der Waals surface area contributed by atoms with Crippen LogP contribution in [0.3, 0.4) is 0 Å². The van der Waals surface area contributed by atoms with Gasteiger partial charge < -0.3 is 20.5 Å². The lowest BCUT2D eigenvalue weighted by Crippen LogP contribution is -2.41. The van der Waals surface area contributed by atoms with Crippen molar-refractivity contribution in [1.29, 1.82) is 0 Å². The number of hydrogen-bond acceptors (Lipinski definition) is 5. The number of rotatable bonds is 5.